The maximum absolute atomic E-state index is 3.86. The Morgan fingerprint density at radius 3 is 2.50 bits per heavy atom. The van der Waals surface area contributed by atoms with Gasteiger partial charge in [0.05, 0.1) is 12.7 Å². The lowest BCUT2D eigenvalue weighted by atomic mass is 10.7. The van der Waals surface area contributed by atoms with Crippen molar-refractivity contribution in [2.45, 2.75) is 13.5 Å². The number of hydrogen-bond acceptors (Lipinski definition) is 2. The Balaban J connectivity index is 0.000000127. The quantitative estimate of drug-likeness (QED) is 0.690. The predicted octanol–water partition coefficient (Wildman–Crippen LogP) is 1.31. The fourth-order valence-electron chi connectivity index (χ4n) is 0.689. The number of H-pyrrole nitrogens is 1. The molecule has 0 saturated heterocycles. The van der Waals surface area contributed by atoms with Crippen LogP contribution < -0.4 is 0 Å². The third-order valence-electron chi connectivity index (χ3n) is 1.33. The van der Waals surface area contributed by atoms with Crippen LogP contribution in [-0.2, 0) is 6.54 Å². The number of imidazole rings is 2. The number of aromatic amines is 1. The summed E-state index contributed by atoms with van der Waals surface area (Å²) >= 11 is 0. The highest BCUT2D eigenvalue weighted by Gasteiger charge is 1.77. The van der Waals surface area contributed by atoms with Gasteiger partial charge in [-0.05, 0) is 6.92 Å². The van der Waals surface area contributed by atoms with Crippen LogP contribution in [0.2, 0.25) is 0 Å². The molecule has 4 heteroatoms. The van der Waals surface area contributed by atoms with Gasteiger partial charge in [0.1, 0.15) is 0 Å². The predicted molar refractivity (Wildman–Crippen MR) is 46.5 cm³/mol. The summed E-state index contributed by atoms with van der Waals surface area (Å²) < 4.78 is 2.01. The highest BCUT2D eigenvalue weighted by atomic mass is 15.0. The maximum atomic E-state index is 3.86. The highest BCUT2D eigenvalue weighted by molar-refractivity contribution is 4.72. The van der Waals surface area contributed by atoms with Crippen molar-refractivity contribution in [3.63, 3.8) is 0 Å². The molecule has 0 fully saturated rings. The first-order valence-corrected chi connectivity index (χ1v) is 3.82. The van der Waals surface area contributed by atoms with E-state index in [1.165, 1.54) is 0 Å². The van der Waals surface area contributed by atoms with E-state index in [1.54, 1.807) is 31.2 Å². The van der Waals surface area contributed by atoms with Gasteiger partial charge < -0.3 is 9.55 Å². The largest absolute Gasteiger partial charge is 0.351 e. The molecule has 64 valence electrons. The molecule has 0 aliphatic carbocycles. The van der Waals surface area contributed by atoms with E-state index in [9.17, 15) is 0 Å². The monoisotopic (exact) mass is 164 g/mol. The highest BCUT2D eigenvalue weighted by Crippen LogP contribution is 1.81. The molecule has 2 rings (SSSR count). The molecule has 0 atom stereocenters. The van der Waals surface area contributed by atoms with E-state index in [-0.39, 0.29) is 0 Å². The standard InChI is InChI=1S/C5H8N2.C3H4N2/c1-2-7-4-3-6-5-7;1-2-5-3-4-1/h3-5H,2H2,1H3;1-3H,(H,4,5). The van der Waals surface area contributed by atoms with Crippen molar-refractivity contribution in [1.29, 1.82) is 0 Å². The van der Waals surface area contributed by atoms with Crippen LogP contribution in [-0.4, -0.2) is 19.5 Å². The van der Waals surface area contributed by atoms with E-state index < -0.39 is 0 Å². The van der Waals surface area contributed by atoms with Crippen molar-refractivity contribution in [3.05, 3.63) is 37.4 Å². The minimum atomic E-state index is 1.01. The Labute approximate surface area is 71.3 Å². The number of aromatic nitrogens is 4. The second-order valence-electron chi connectivity index (χ2n) is 2.15. The number of aryl methyl sites for hydroxylation is 1. The van der Waals surface area contributed by atoms with Gasteiger partial charge in [-0.3, -0.25) is 0 Å². The molecular weight excluding hydrogens is 152 g/mol. The molecule has 4 nitrogen and oxygen atoms in total. The van der Waals surface area contributed by atoms with Crippen LogP contribution in [0.1, 0.15) is 6.92 Å². The molecule has 0 aliphatic rings. The fourth-order valence-corrected chi connectivity index (χ4v) is 0.689. The normalized spacial score (nSPS) is 8.75. The summed E-state index contributed by atoms with van der Waals surface area (Å²) in [5, 5.41) is 0. The average molecular weight is 164 g/mol. The number of nitrogens with zero attached hydrogens (tertiary/aromatic N) is 3. The molecule has 2 aromatic heterocycles. The molecule has 12 heavy (non-hydrogen) atoms. The Morgan fingerprint density at radius 2 is 2.25 bits per heavy atom. The molecule has 0 spiro atoms. The molecule has 2 heterocycles. The van der Waals surface area contributed by atoms with Crippen molar-refractivity contribution in [3.8, 4) is 0 Å². The first kappa shape index (κ1) is 8.52. The van der Waals surface area contributed by atoms with Crippen molar-refractivity contribution in [1.82, 2.24) is 19.5 Å². The van der Waals surface area contributed by atoms with Crippen LogP contribution in [0.5, 0.6) is 0 Å². The topological polar surface area (TPSA) is 46.5 Å². The Morgan fingerprint density at radius 1 is 1.33 bits per heavy atom. The van der Waals surface area contributed by atoms with Crippen molar-refractivity contribution in [2.75, 3.05) is 0 Å². The van der Waals surface area contributed by atoms with Crippen LogP contribution in [0.3, 0.4) is 0 Å². The van der Waals surface area contributed by atoms with Gasteiger partial charge in [-0.1, -0.05) is 0 Å². The van der Waals surface area contributed by atoms with Crippen molar-refractivity contribution in [2.24, 2.45) is 0 Å². The second kappa shape index (κ2) is 5.12. The first-order chi connectivity index (χ1) is 5.93. The van der Waals surface area contributed by atoms with Crippen molar-refractivity contribution < 1.29 is 0 Å². The smallest absolute Gasteiger partial charge is 0.0945 e. The molecule has 0 amide bonds. The summed E-state index contributed by atoms with van der Waals surface area (Å²) in [5.74, 6) is 0. The molecule has 2 aromatic rings. The second-order valence-corrected chi connectivity index (χ2v) is 2.15. The van der Waals surface area contributed by atoms with E-state index in [0.717, 1.165) is 6.54 Å². The zero-order chi connectivity index (χ0) is 8.65. The van der Waals surface area contributed by atoms with Crippen LogP contribution in [0.4, 0.5) is 0 Å². The van der Waals surface area contributed by atoms with Crippen LogP contribution in [0.15, 0.2) is 37.4 Å². The minimum Gasteiger partial charge on any atom is -0.351 e. The van der Waals surface area contributed by atoms with Gasteiger partial charge in [0.2, 0.25) is 0 Å². The molecular formula is C8H12N4. The SMILES string of the molecule is CCn1ccnc1.c1c[nH]cn1. The lowest BCUT2D eigenvalue weighted by Gasteiger charge is -1.87. The van der Waals surface area contributed by atoms with E-state index in [1.807, 2.05) is 10.8 Å². The van der Waals surface area contributed by atoms with E-state index in [0.29, 0.717) is 0 Å². The van der Waals surface area contributed by atoms with Gasteiger partial charge in [0.15, 0.2) is 0 Å². The Hall–Kier alpha value is -1.58. The van der Waals surface area contributed by atoms with Gasteiger partial charge in [-0.2, -0.15) is 0 Å². The van der Waals surface area contributed by atoms with Crippen LogP contribution in [0, 0.1) is 0 Å². The molecule has 0 saturated carbocycles. The van der Waals surface area contributed by atoms with Crippen LogP contribution in [0.25, 0.3) is 0 Å². The minimum absolute atomic E-state index is 1.01. The summed E-state index contributed by atoms with van der Waals surface area (Å²) in [4.78, 5) is 10.3. The van der Waals surface area contributed by atoms with Gasteiger partial charge >= 0.3 is 0 Å². The number of rotatable bonds is 1. The summed E-state index contributed by atoms with van der Waals surface area (Å²) in [6.45, 7) is 3.10. The van der Waals surface area contributed by atoms with Gasteiger partial charge in [-0.25, -0.2) is 9.97 Å². The summed E-state index contributed by atoms with van der Waals surface area (Å²) in [7, 11) is 0. The molecule has 0 aliphatic heterocycles. The maximum Gasteiger partial charge on any atom is 0.0945 e. The zero-order valence-electron chi connectivity index (χ0n) is 7.01. The Bertz CT molecular complexity index is 242. The number of hydrogen-bond donors (Lipinski definition) is 1. The lowest BCUT2D eigenvalue weighted by Crippen LogP contribution is -1.85. The Kier molecular flexibility index (Phi) is 3.63. The van der Waals surface area contributed by atoms with E-state index in [2.05, 4.69) is 21.9 Å². The molecule has 0 aromatic carbocycles. The van der Waals surface area contributed by atoms with Gasteiger partial charge in [-0.15, -0.1) is 0 Å². The summed E-state index contributed by atoms with van der Waals surface area (Å²) in [5.41, 5.74) is 0. The molecule has 0 radical (unpaired) electrons. The summed E-state index contributed by atoms with van der Waals surface area (Å²) in [6, 6.07) is 0. The third-order valence-corrected chi connectivity index (χ3v) is 1.33. The van der Waals surface area contributed by atoms with Crippen LogP contribution >= 0.6 is 0 Å². The zero-order valence-corrected chi connectivity index (χ0v) is 7.01. The lowest BCUT2D eigenvalue weighted by molar-refractivity contribution is 0.761. The first-order valence-electron chi connectivity index (χ1n) is 3.82. The fraction of sp³-hybridized carbons (Fsp3) is 0.250. The molecule has 0 bridgehead atoms. The van der Waals surface area contributed by atoms with E-state index in [4.69, 9.17) is 0 Å². The number of nitrogens with one attached hydrogen (secondary N) is 1. The van der Waals surface area contributed by atoms with Gasteiger partial charge in [0, 0.05) is 31.3 Å². The third kappa shape index (κ3) is 3.01. The van der Waals surface area contributed by atoms with E-state index >= 15 is 0 Å². The summed E-state index contributed by atoms with van der Waals surface area (Å²) in [6.07, 6.45) is 10.6. The van der Waals surface area contributed by atoms with Gasteiger partial charge in [0.25, 0.3) is 0 Å². The molecule has 0 unspecified atom stereocenters. The molecule has 1 N–H and O–H groups in total. The van der Waals surface area contributed by atoms with Crippen molar-refractivity contribution >= 4 is 0 Å². The average Bonchev–Trinajstić information content (AvgIpc) is 2.81.